The van der Waals surface area contributed by atoms with Gasteiger partial charge in [0.25, 0.3) is 0 Å². The molecule has 0 saturated carbocycles. The molecular weight excluding hydrogens is 564 g/mol. The maximum Gasteiger partial charge on any atom is 0.311 e. The summed E-state index contributed by atoms with van der Waals surface area (Å²) in [4.78, 5) is 11.7. The third-order valence-electron chi connectivity index (χ3n) is 6.61. The molecule has 0 aromatic heterocycles. The lowest BCUT2D eigenvalue weighted by Gasteiger charge is -2.20. The molecule has 3 saturated heterocycles. The van der Waals surface area contributed by atoms with Crippen molar-refractivity contribution in [1.82, 2.24) is 0 Å². The maximum atomic E-state index is 11.7. The maximum absolute atomic E-state index is 11.7. The fraction of sp³-hybridized carbons (Fsp3) is 0.968. The lowest BCUT2D eigenvalue weighted by atomic mass is 9.97. The number of hydrogen-bond acceptors (Lipinski definition) is 12. The molecule has 0 unspecified atom stereocenters. The van der Waals surface area contributed by atoms with Crippen molar-refractivity contribution in [3.05, 3.63) is 0 Å². The topological polar surface area (TPSA) is 163 Å². The van der Waals surface area contributed by atoms with E-state index in [0.717, 1.165) is 12.8 Å². The fourth-order valence-electron chi connectivity index (χ4n) is 4.82. The van der Waals surface area contributed by atoms with Gasteiger partial charge in [0.15, 0.2) is 17.4 Å². The van der Waals surface area contributed by atoms with Crippen LogP contribution < -0.4 is 0 Å². The first-order valence-electron chi connectivity index (χ1n) is 15.0. The minimum absolute atomic E-state index is 0. The van der Waals surface area contributed by atoms with Crippen molar-refractivity contribution in [2.24, 2.45) is 5.41 Å². The van der Waals surface area contributed by atoms with Gasteiger partial charge in [-0.25, -0.2) is 0 Å². The van der Waals surface area contributed by atoms with Crippen LogP contribution in [0.5, 0.6) is 0 Å². The fourth-order valence-corrected chi connectivity index (χ4v) is 4.82. The van der Waals surface area contributed by atoms with Gasteiger partial charge in [-0.1, -0.05) is 20.8 Å². The zero-order valence-electron chi connectivity index (χ0n) is 27.4. The second-order valence-corrected chi connectivity index (χ2v) is 13.2. The van der Waals surface area contributed by atoms with Crippen molar-refractivity contribution in [3.8, 4) is 0 Å². The molecule has 0 aliphatic carbocycles. The van der Waals surface area contributed by atoms with E-state index in [2.05, 4.69) is 6.92 Å². The Morgan fingerprint density at radius 1 is 0.628 bits per heavy atom. The Balaban J connectivity index is 0.000000628. The summed E-state index contributed by atoms with van der Waals surface area (Å²) in [6.07, 6.45) is 1.87. The first-order valence-corrected chi connectivity index (χ1v) is 15.0. The summed E-state index contributed by atoms with van der Waals surface area (Å²) >= 11 is 0. The van der Waals surface area contributed by atoms with Crippen molar-refractivity contribution in [3.63, 3.8) is 0 Å². The minimum Gasteiger partial charge on any atom is -0.462 e. The SMILES string of the molecule is C.CC1(C)O[C@@H](CCO)[C@@H](CO)O1.CC1(C)O[C@@H](CCO)[C@@H](COC(=O)C(C)(C)C)O1.CCC[C@@H]1OC(C)(C)O[C@@H]1CO. The average molecular weight is 627 g/mol. The zero-order valence-corrected chi connectivity index (χ0v) is 27.4. The number of hydrogen-bond donors (Lipinski definition) is 4. The number of esters is 1. The molecule has 3 aliphatic heterocycles. The van der Waals surface area contributed by atoms with Gasteiger partial charge >= 0.3 is 5.97 Å². The first kappa shape index (κ1) is 42.1. The molecule has 0 aromatic rings. The minimum atomic E-state index is -0.696. The first-order chi connectivity index (χ1) is 19.3. The highest BCUT2D eigenvalue weighted by Crippen LogP contribution is 2.32. The lowest BCUT2D eigenvalue weighted by molar-refractivity contribution is -0.165. The third kappa shape index (κ3) is 14.8. The van der Waals surface area contributed by atoms with Gasteiger partial charge < -0.3 is 53.6 Å². The number of rotatable bonds is 10. The second-order valence-electron chi connectivity index (χ2n) is 13.2. The Morgan fingerprint density at radius 2 is 0.953 bits per heavy atom. The van der Waals surface area contributed by atoms with Crippen molar-refractivity contribution in [2.75, 3.05) is 33.0 Å². The Morgan fingerprint density at radius 3 is 1.28 bits per heavy atom. The Kier molecular flexibility index (Phi) is 17.9. The van der Waals surface area contributed by atoms with E-state index in [0.29, 0.717) is 12.8 Å². The van der Waals surface area contributed by atoms with Gasteiger partial charge in [-0.15, -0.1) is 0 Å². The van der Waals surface area contributed by atoms with E-state index in [1.54, 1.807) is 34.6 Å². The third-order valence-corrected chi connectivity index (χ3v) is 6.61. The predicted molar refractivity (Wildman–Crippen MR) is 161 cm³/mol. The predicted octanol–water partition coefficient (Wildman–Crippen LogP) is 3.29. The van der Waals surface area contributed by atoms with Gasteiger partial charge in [-0.05, 0) is 81.6 Å². The van der Waals surface area contributed by atoms with Crippen LogP contribution in [-0.4, -0.2) is 113 Å². The normalized spacial score (nSPS) is 30.4. The van der Waals surface area contributed by atoms with Crippen LogP contribution in [0.15, 0.2) is 0 Å². The Bertz CT molecular complexity index is 745. The van der Waals surface area contributed by atoms with Crippen LogP contribution in [0.3, 0.4) is 0 Å². The summed E-state index contributed by atoms with van der Waals surface area (Å²) in [6.45, 7) is 18.7. The van der Waals surface area contributed by atoms with Crippen LogP contribution in [-0.2, 0) is 38.0 Å². The molecule has 3 rings (SSSR count). The number of carbonyl (C=O) groups is 1. The molecular formula is C31H62O12. The van der Waals surface area contributed by atoms with E-state index < -0.39 is 22.8 Å². The number of ether oxygens (including phenoxy) is 7. The second kappa shape index (κ2) is 18.3. The Labute approximate surface area is 259 Å². The van der Waals surface area contributed by atoms with Gasteiger partial charge in [0.1, 0.15) is 24.9 Å². The molecule has 3 fully saturated rings. The largest absolute Gasteiger partial charge is 0.462 e. The van der Waals surface area contributed by atoms with Gasteiger partial charge in [0.05, 0.1) is 36.9 Å². The molecule has 12 heteroatoms. The molecule has 0 aromatic carbocycles. The highest BCUT2D eigenvalue weighted by molar-refractivity contribution is 5.75. The van der Waals surface area contributed by atoms with E-state index in [4.69, 9.17) is 53.6 Å². The van der Waals surface area contributed by atoms with Crippen LogP contribution >= 0.6 is 0 Å². The van der Waals surface area contributed by atoms with E-state index in [1.165, 1.54) is 0 Å². The smallest absolute Gasteiger partial charge is 0.311 e. The molecule has 4 N–H and O–H groups in total. The van der Waals surface area contributed by atoms with Crippen LogP contribution in [0.4, 0.5) is 0 Å². The summed E-state index contributed by atoms with van der Waals surface area (Å²) in [5.74, 6) is -2.11. The molecule has 3 heterocycles. The Hall–Kier alpha value is -0.930. The van der Waals surface area contributed by atoms with E-state index in [1.807, 2.05) is 27.7 Å². The summed E-state index contributed by atoms with van der Waals surface area (Å²) in [5.41, 5.74) is -0.526. The molecule has 12 nitrogen and oxygen atoms in total. The zero-order chi connectivity index (χ0) is 32.4. The van der Waals surface area contributed by atoms with Crippen LogP contribution in [0, 0.1) is 5.41 Å². The summed E-state index contributed by atoms with van der Waals surface area (Å²) in [5, 5.41) is 35.6. The van der Waals surface area contributed by atoms with E-state index in [9.17, 15) is 4.79 Å². The van der Waals surface area contributed by atoms with Crippen molar-refractivity contribution < 1.29 is 58.4 Å². The summed E-state index contributed by atoms with van der Waals surface area (Å²) in [6, 6.07) is 0. The summed E-state index contributed by atoms with van der Waals surface area (Å²) in [7, 11) is 0. The molecule has 0 bridgehead atoms. The van der Waals surface area contributed by atoms with Crippen LogP contribution in [0.25, 0.3) is 0 Å². The highest BCUT2D eigenvalue weighted by atomic mass is 16.8. The van der Waals surface area contributed by atoms with Crippen molar-refractivity contribution >= 4 is 5.97 Å². The number of carbonyl (C=O) groups excluding carboxylic acids is 1. The molecule has 258 valence electrons. The number of aliphatic hydroxyl groups is 4. The van der Waals surface area contributed by atoms with Crippen LogP contribution in [0.1, 0.15) is 102 Å². The lowest BCUT2D eigenvalue weighted by Crippen LogP contribution is -2.32. The molecule has 3 aliphatic rings. The van der Waals surface area contributed by atoms with Crippen LogP contribution in [0.2, 0.25) is 0 Å². The monoisotopic (exact) mass is 626 g/mol. The molecule has 0 radical (unpaired) electrons. The molecule has 6 atom stereocenters. The van der Waals surface area contributed by atoms with Crippen molar-refractivity contribution in [2.45, 2.75) is 156 Å². The number of aliphatic hydroxyl groups excluding tert-OH is 4. The molecule has 0 amide bonds. The quantitative estimate of drug-likeness (QED) is 0.262. The summed E-state index contributed by atoms with van der Waals surface area (Å²) < 4.78 is 38.5. The highest BCUT2D eigenvalue weighted by Gasteiger charge is 2.43. The van der Waals surface area contributed by atoms with E-state index in [-0.39, 0.29) is 83.1 Å². The van der Waals surface area contributed by atoms with Gasteiger partial charge in [0, 0.05) is 13.2 Å². The van der Waals surface area contributed by atoms with E-state index >= 15 is 0 Å². The van der Waals surface area contributed by atoms with Gasteiger partial charge in [-0.2, -0.15) is 0 Å². The molecule has 43 heavy (non-hydrogen) atoms. The average Bonchev–Trinajstić information content (AvgIpc) is 3.45. The molecule has 0 spiro atoms. The van der Waals surface area contributed by atoms with Gasteiger partial charge in [0.2, 0.25) is 0 Å². The van der Waals surface area contributed by atoms with Gasteiger partial charge in [-0.3, -0.25) is 4.79 Å². The standard InChI is InChI=1S/C13H24O5.C9H18O3.C8H16O4.CH4/c1-12(2,3)11(15)16-8-10-9(6-7-14)17-13(4,5)18-10;1-4-5-7-8(6-10)12-9(2,3)11-7;1-8(2)11-6(3-4-9)7(5-10)12-8;/h9-10,14H,6-8H2,1-5H3;7-8,10H,4-6H2,1-3H3;6-7,9-10H,3-5H2,1-2H3;1H4/t9-,10+;7-,8+;6-,7+;/m000./s1. The van der Waals surface area contributed by atoms with Crippen molar-refractivity contribution in [1.29, 1.82) is 0 Å².